The van der Waals surface area contributed by atoms with Crippen LogP contribution in [0.1, 0.15) is 11.3 Å². The summed E-state index contributed by atoms with van der Waals surface area (Å²) in [5, 5.41) is 10.9. The van der Waals surface area contributed by atoms with E-state index < -0.39 is 5.91 Å². The van der Waals surface area contributed by atoms with Crippen molar-refractivity contribution in [3.8, 4) is 0 Å². The van der Waals surface area contributed by atoms with Crippen molar-refractivity contribution in [2.45, 2.75) is 0 Å². The van der Waals surface area contributed by atoms with Gasteiger partial charge < -0.3 is 4.42 Å². The molecule has 0 spiro atoms. The number of amides is 1. The number of nitrogens with one attached hydrogen (secondary N) is 1. The van der Waals surface area contributed by atoms with Gasteiger partial charge in [0.15, 0.2) is 9.84 Å². The van der Waals surface area contributed by atoms with E-state index in [1.165, 1.54) is 11.8 Å². The molecule has 4 rings (SSSR count). The first kappa shape index (κ1) is 15.2. The highest BCUT2D eigenvalue weighted by atomic mass is 79.9. The summed E-state index contributed by atoms with van der Waals surface area (Å²) in [5.74, 6) is 0.150. The summed E-state index contributed by atoms with van der Waals surface area (Å²) in [5.41, 5.74) is 2.00. The smallest absolute Gasteiger partial charge is 0.283 e. The summed E-state index contributed by atoms with van der Waals surface area (Å²) in [7, 11) is 0. The quantitative estimate of drug-likeness (QED) is 0.762. The Balaban J connectivity index is 1.75. The molecule has 0 atom stereocenters. The van der Waals surface area contributed by atoms with Crippen LogP contribution in [0.4, 0.5) is 0 Å². The number of fused-ring (bicyclic) bond motifs is 1. The van der Waals surface area contributed by atoms with E-state index in [1.807, 2.05) is 35.7 Å². The fourth-order valence-corrected chi connectivity index (χ4v) is 3.67. The lowest BCUT2D eigenvalue weighted by atomic mass is 10.1. The second-order valence-corrected chi connectivity index (χ2v) is 6.69. The lowest BCUT2D eigenvalue weighted by Crippen LogP contribution is -2.37. The lowest BCUT2D eigenvalue weighted by molar-refractivity contribution is -0.114. The van der Waals surface area contributed by atoms with E-state index in [-0.39, 0.29) is 11.4 Å². The molecular weight excluding hydrogens is 390 g/mol. The number of furan rings is 1. The number of aliphatic imine (C=N–C) groups is 1. The molecule has 2 aliphatic rings. The molecule has 0 fully saturated rings. The van der Waals surface area contributed by atoms with Gasteiger partial charge >= 0.3 is 0 Å². The van der Waals surface area contributed by atoms with Gasteiger partial charge in [0.25, 0.3) is 5.91 Å². The lowest BCUT2D eigenvalue weighted by Gasteiger charge is -2.26. The van der Waals surface area contributed by atoms with Gasteiger partial charge in [0.2, 0.25) is 0 Å². The van der Waals surface area contributed by atoms with Crippen molar-refractivity contribution in [2.75, 3.05) is 0 Å². The minimum atomic E-state index is -0.436. The number of thioether (sulfide) groups is 1. The Hall–Kier alpha value is -2.38. The van der Waals surface area contributed by atoms with Crippen molar-refractivity contribution >= 4 is 56.4 Å². The molecule has 2 aromatic rings. The maximum atomic E-state index is 12.3. The SMILES string of the molecule is N=C1C(=Cc2ccc(Br)o2)C(=O)N=C2SC=C(c3ccccc3)N12. The number of nitrogens with zero attached hydrogens (tertiary/aromatic N) is 2. The van der Waals surface area contributed by atoms with Gasteiger partial charge in [-0.1, -0.05) is 42.1 Å². The molecule has 0 unspecified atom stereocenters. The number of halogens is 1. The van der Waals surface area contributed by atoms with Crippen LogP contribution in [0.3, 0.4) is 0 Å². The Labute approximate surface area is 150 Å². The zero-order chi connectivity index (χ0) is 16.7. The van der Waals surface area contributed by atoms with Gasteiger partial charge in [-0.15, -0.1) is 0 Å². The van der Waals surface area contributed by atoms with Crippen LogP contribution in [-0.2, 0) is 4.79 Å². The number of amidine groups is 2. The van der Waals surface area contributed by atoms with Crippen molar-refractivity contribution in [3.63, 3.8) is 0 Å². The Morgan fingerprint density at radius 1 is 1.21 bits per heavy atom. The second-order valence-electron chi connectivity index (χ2n) is 5.07. The maximum Gasteiger partial charge on any atom is 0.283 e. The molecule has 0 saturated heterocycles. The molecule has 0 aliphatic carbocycles. The van der Waals surface area contributed by atoms with E-state index in [1.54, 1.807) is 23.1 Å². The summed E-state index contributed by atoms with van der Waals surface area (Å²) in [6.07, 6.45) is 1.54. The molecule has 0 saturated carbocycles. The highest BCUT2D eigenvalue weighted by molar-refractivity contribution is 9.10. The maximum absolute atomic E-state index is 12.3. The molecule has 118 valence electrons. The van der Waals surface area contributed by atoms with Crippen molar-refractivity contribution in [2.24, 2.45) is 4.99 Å². The molecule has 1 aromatic carbocycles. The number of rotatable bonds is 2. The summed E-state index contributed by atoms with van der Waals surface area (Å²) in [6, 6.07) is 13.2. The van der Waals surface area contributed by atoms with Gasteiger partial charge in [0, 0.05) is 5.41 Å². The molecule has 3 heterocycles. The summed E-state index contributed by atoms with van der Waals surface area (Å²) >= 11 is 4.57. The third-order valence-electron chi connectivity index (χ3n) is 3.56. The Bertz CT molecular complexity index is 944. The Morgan fingerprint density at radius 3 is 2.71 bits per heavy atom. The molecule has 1 amide bonds. The second kappa shape index (κ2) is 5.92. The molecule has 1 aromatic heterocycles. The first-order valence-corrected chi connectivity index (χ1v) is 8.72. The highest BCUT2D eigenvalue weighted by Crippen LogP contribution is 2.37. The molecule has 2 aliphatic heterocycles. The fourth-order valence-electron chi connectivity index (χ4n) is 2.46. The van der Waals surface area contributed by atoms with Crippen LogP contribution in [-0.4, -0.2) is 21.8 Å². The molecule has 0 radical (unpaired) electrons. The van der Waals surface area contributed by atoms with Crippen LogP contribution < -0.4 is 0 Å². The molecule has 1 N–H and O–H groups in total. The van der Waals surface area contributed by atoms with Gasteiger partial charge in [-0.2, -0.15) is 4.99 Å². The number of carbonyl (C=O) groups is 1. The highest BCUT2D eigenvalue weighted by Gasteiger charge is 2.36. The van der Waals surface area contributed by atoms with Gasteiger partial charge in [0.05, 0.1) is 11.3 Å². The van der Waals surface area contributed by atoms with E-state index in [9.17, 15) is 4.79 Å². The van der Waals surface area contributed by atoms with Crippen molar-refractivity contribution < 1.29 is 9.21 Å². The van der Waals surface area contributed by atoms with E-state index in [0.29, 0.717) is 15.6 Å². The van der Waals surface area contributed by atoms with Gasteiger partial charge in [-0.05, 0) is 39.7 Å². The van der Waals surface area contributed by atoms with Crippen LogP contribution in [0.25, 0.3) is 11.8 Å². The molecule has 24 heavy (non-hydrogen) atoms. The topological polar surface area (TPSA) is 69.7 Å². The zero-order valence-corrected chi connectivity index (χ0v) is 14.6. The minimum absolute atomic E-state index is 0.0950. The first-order valence-electron chi connectivity index (χ1n) is 7.05. The number of carbonyl (C=O) groups excluding carboxylic acids is 1. The predicted molar refractivity (Wildman–Crippen MR) is 98.4 cm³/mol. The van der Waals surface area contributed by atoms with Crippen LogP contribution in [0.5, 0.6) is 0 Å². The van der Waals surface area contributed by atoms with Gasteiger partial charge in [0.1, 0.15) is 11.6 Å². The van der Waals surface area contributed by atoms with Crippen molar-refractivity contribution in [3.05, 3.63) is 69.4 Å². The molecule has 0 bridgehead atoms. The van der Waals surface area contributed by atoms with Crippen LogP contribution in [0, 0.1) is 5.41 Å². The van der Waals surface area contributed by atoms with Crippen LogP contribution in [0.2, 0.25) is 0 Å². The average Bonchev–Trinajstić information content (AvgIpc) is 3.18. The molecule has 7 heteroatoms. The fraction of sp³-hybridized carbons (Fsp3) is 0. The largest absolute Gasteiger partial charge is 0.450 e. The number of benzene rings is 1. The Kier molecular flexibility index (Phi) is 3.74. The number of hydrogen-bond acceptors (Lipinski definition) is 4. The normalized spacial score (nSPS) is 18.7. The molecular formula is C17H10BrN3O2S. The van der Waals surface area contributed by atoms with Gasteiger partial charge in [-0.3, -0.25) is 15.1 Å². The monoisotopic (exact) mass is 399 g/mol. The first-order chi connectivity index (χ1) is 11.6. The summed E-state index contributed by atoms with van der Waals surface area (Å²) in [4.78, 5) is 18.1. The third-order valence-corrected chi connectivity index (χ3v) is 4.82. The number of hydrogen-bond donors (Lipinski definition) is 1. The van der Waals surface area contributed by atoms with Crippen molar-refractivity contribution in [1.29, 1.82) is 5.41 Å². The van der Waals surface area contributed by atoms with Crippen LogP contribution >= 0.6 is 27.7 Å². The Morgan fingerprint density at radius 2 is 2.00 bits per heavy atom. The third kappa shape index (κ3) is 2.55. The van der Waals surface area contributed by atoms with E-state index in [0.717, 1.165) is 11.3 Å². The zero-order valence-electron chi connectivity index (χ0n) is 12.2. The van der Waals surface area contributed by atoms with Crippen LogP contribution in [0.15, 0.2) is 67.5 Å². The minimum Gasteiger partial charge on any atom is -0.450 e. The van der Waals surface area contributed by atoms with E-state index in [2.05, 4.69) is 20.9 Å². The average molecular weight is 400 g/mol. The summed E-state index contributed by atoms with van der Waals surface area (Å²) in [6.45, 7) is 0. The predicted octanol–water partition coefficient (Wildman–Crippen LogP) is 4.35. The van der Waals surface area contributed by atoms with Crippen molar-refractivity contribution in [1.82, 2.24) is 4.90 Å². The van der Waals surface area contributed by atoms with E-state index >= 15 is 0 Å². The van der Waals surface area contributed by atoms with E-state index in [4.69, 9.17) is 9.83 Å². The standard InChI is InChI=1S/C17H10BrN3O2S/c18-14-7-6-11(23-14)8-12-15(19)21-13(10-4-2-1-3-5-10)9-24-17(21)20-16(12)22/h1-9,19H. The summed E-state index contributed by atoms with van der Waals surface area (Å²) < 4.78 is 5.98. The van der Waals surface area contributed by atoms with Gasteiger partial charge in [-0.25, -0.2) is 0 Å². The molecule has 5 nitrogen and oxygen atoms in total.